The van der Waals surface area contributed by atoms with E-state index >= 15 is 0 Å². The summed E-state index contributed by atoms with van der Waals surface area (Å²) in [5, 5.41) is 10.9. The summed E-state index contributed by atoms with van der Waals surface area (Å²) in [7, 11) is 0. The number of alkyl halides is 2. The summed E-state index contributed by atoms with van der Waals surface area (Å²) in [4.78, 5) is 3.99. The minimum Gasteiger partial charge on any atom is -0.396 e. The van der Waals surface area contributed by atoms with Crippen LogP contribution in [0.15, 0.2) is 47.5 Å². The first-order valence-corrected chi connectivity index (χ1v) is 8.83. The molecule has 26 heavy (non-hydrogen) atoms. The van der Waals surface area contributed by atoms with Crippen LogP contribution in [0.5, 0.6) is 0 Å². The number of rotatable bonds is 8. The Bertz CT molecular complexity index is 654. The van der Waals surface area contributed by atoms with Crippen molar-refractivity contribution in [1.82, 2.24) is 0 Å². The summed E-state index contributed by atoms with van der Waals surface area (Å²) in [6, 6.07) is 13.4. The quantitative estimate of drug-likeness (QED) is 0.458. The van der Waals surface area contributed by atoms with Crippen LogP contribution in [0, 0.1) is 6.92 Å². The molecular formula is C21H28F2N2O. The lowest BCUT2D eigenvalue weighted by molar-refractivity contribution is 0.163. The molecule has 0 aliphatic carbocycles. The zero-order chi connectivity index (χ0) is 19.4. The summed E-state index contributed by atoms with van der Waals surface area (Å²) < 4.78 is 24.6. The number of hydrogen-bond acceptors (Lipinski definition) is 3. The van der Waals surface area contributed by atoms with Gasteiger partial charge in [-0.1, -0.05) is 61.7 Å². The lowest BCUT2D eigenvalue weighted by atomic mass is 10.0. The number of benzene rings is 2. The Kier molecular flexibility index (Phi) is 10.2. The highest BCUT2D eigenvalue weighted by Crippen LogP contribution is 2.36. The molecule has 0 aliphatic heterocycles. The Morgan fingerprint density at radius 3 is 2.31 bits per heavy atom. The average Bonchev–Trinajstić information content (AvgIpc) is 2.65. The summed E-state index contributed by atoms with van der Waals surface area (Å²) in [6.45, 7) is 7.63. The van der Waals surface area contributed by atoms with Crippen LogP contribution in [0.4, 0.5) is 20.2 Å². The number of aliphatic hydroxyl groups excluding tert-OH is 1. The Morgan fingerprint density at radius 1 is 1.12 bits per heavy atom. The van der Waals surface area contributed by atoms with E-state index in [1.807, 2.05) is 43.3 Å². The van der Waals surface area contributed by atoms with E-state index in [4.69, 9.17) is 5.11 Å². The minimum atomic E-state index is -2.41. The molecule has 2 aromatic rings. The van der Waals surface area contributed by atoms with Crippen molar-refractivity contribution in [3.63, 3.8) is 0 Å². The number of anilines is 1. The smallest absolute Gasteiger partial charge is 0.255 e. The van der Waals surface area contributed by atoms with Gasteiger partial charge in [0.2, 0.25) is 0 Å². The van der Waals surface area contributed by atoms with Crippen LogP contribution in [-0.2, 0) is 0 Å². The fourth-order valence-electron chi connectivity index (χ4n) is 2.37. The number of aliphatic hydroxyl groups is 1. The molecule has 0 heterocycles. The molecule has 0 unspecified atom stereocenters. The van der Waals surface area contributed by atoms with Crippen LogP contribution >= 0.6 is 0 Å². The van der Waals surface area contributed by atoms with Crippen LogP contribution in [-0.4, -0.2) is 31.4 Å². The topological polar surface area (TPSA) is 44.6 Å². The average molecular weight is 362 g/mol. The molecular weight excluding hydrogens is 334 g/mol. The summed E-state index contributed by atoms with van der Waals surface area (Å²) >= 11 is 0. The molecule has 0 radical (unpaired) electrons. The summed E-state index contributed by atoms with van der Waals surface area (Å²) in [5.41, 5.74) is 4.18. The van der Waals surface area contributed by atoms with E-state index in [2.05, 4.69) is 24.0 Å². The van der Waals surface area contributed by atoms with Gasteiger partial charge in [0.05, 0.1) is 17.9 Å². The first-order valence-electron chi connectivity index (χ1n) is 8.83. The van der Waals surface area contributed by atoms with Gasteiger partial charge in [-0.25, -0.2) is 8.78 Å². The van der Waals surface area contributed by atoms with Gasteiger partial charge in [-0.2, -0.15) is 0 Å². The van der Waals surface area contributed by atoms with Gasteiger partial charge < -0.3 is 10.4 Å². The molecule has 142 valence electrons. The number of aliphatic imine (C=N–C) groups is 1. The molecule has 3 nitrogen and oxygen atoms in total. The molecule has 0 fully saturated rings. The number of para-hydroxylation sites is 1. The van der Waals surface area contributed by atoms with Crippen LogP contribution in [0.25, 0.3) is 11.1 Å². The van der Waals surface area contributed by atoms with E-state index in [1.54, 1.807) is 6.07 Å². The van der Waals surface area contributed by atoms with Crippen molar-refractivity contribution in [2.45, 2.75) is 39.5 Å². The maximum atomic E-state index is 12.3. The highest BCUT2D eigenvalue weighted by molar-refractivity contribution is 5.86. The monoisotopic (exact) mass is 362 g/mol. The van der Waals surface area contributed by atoms with Crippen LogP contribution in [0.2, 0.25) is 0 Å². The highest BCUT2D eigenvalue weighted by Gasteiger charge is 2.10. The summed E-state index contributed by atoms with van der Waals surface area (Å²) in [6.07, 6.45) is 0.920. The Morgan fingerprint density at radius 2 is 1.81 bits per heavy atom. The molecule has 2 rings (SSSR count). The number of halogens is 2. The van der Waals surface area contributed by atoms with Crippen LogP contribution in [0.1, 0.15) is 31.7 Å². The standard InChI is InChI=1S/C16H16F2N2.C5H12O/c1-11-6-8-12(9-7-11)13-4-3-5-14(16(13)19-2)20-10-15(17)18;1-2-3-4-5-6/h3-9,15,20H,2,10H2,1H3;6H,2-5H2,1H3. The third kappa shape index (κ3) is 7.31. The van der Waals surface area contributed by atoms with Gasteiger partial charge >= 0.3 is 0 Å². The largest absolute Gasteiger partial charge is 0.396 e. The van der Waals surface area contributed by atoms with Crippen molar-refractivity contribution < 1.29 is 13.9 Å². The van der Waals surface area contributed by atoms with Crippen LogP contribution < -0.4 is 5.32 Å². The predicted molar refractivity (Wildman–Crippen MR) is 107 cm³/mol. The zero-order valence-electron chi connectivity index (χ0n) is 15.5. The van der Waals surface area contributed by atoms with Crippen molar-refractivity contribution in [3.8, 4) is 11.1 Å². The minimum absolute atomic E-state index is 0.355. The molecule has 0 saturated carbocycles. The molecule has 0 amide bonds. The first-order chi connectivity index (χ1) is 12.5. The van der Waals surface area contributed by atoms with Crippen molar-refractivity contribution in [2.75, 3.05) is 18.5 Å². The number of nitrogens with one attached hydrogen (secondary N) is 1. The molecule has 0 bridgehead atoms. The molecule has 5 heteroatoms. The second-order valence-corrected chi connectivity index (χ2v) is 5.93. The molecule has 0 spiro atoms. The van der Waals surface area contributed by atoms with Gasteiger partial charge in [-0.3, -0.25) is 4.99 Å². The fourth-order valence-corrected chi connectivity index (χ4v) is 2.37. The van der Waals surface area contributed by atoms with E-state index in [0.29, 0.717) is 18.0 Å². The maximum Gasteiger partial charge on any atom is 0.255 e. The maximum absolute atomic E-state index is 12.3. The molecule has 0 aliphatic rings. The van der Waals surface area contributed by atoms with Gasteiger partial charge in [0.25, 0.3) is 6.43 Å². The molecule has 2 N–H and O–H groups in total. The second kappa shape index (κ2) is 12.1. The van der Waals surface area contributed by atoms with Gasteiger partial charge in [-0.05, 0) is 31.7 Å². The van der Waals surface area contributed by atoms with E-state index in [0.717, 1.165) is 29.5 Å². The van der Waals surface area contributed by atoms with Crippen molar-refractivity contribution in [1.29, 1.82) is 0 Å². The number of aryl methyl sites for hydroxylation is 1. The number of hydrogen-bond donors (Lipinski definition) is 2. The molecule has 2 aromatic carbocycles. The predicted octanol–water partition coefficient (Wildman–Crippen LogP) is 5.84. The Labute approximate surface area is 154 Å². The zero-order valence-corrected chi connectivity index (χ0v) is 15.5. The van der Waals surface area contributed by atoms with E-state index in [-0.39, 0.29) is 0 Å². The third-order valence-corrected chi connectivity index (χ3v) is 3.77. The van der Waals surface area contributed by atoms with Gasteiger partial charge in [0, 0.05) is 12.2 Å². The fraction of sp³-hybridized carbons (Fsp3) is 0.381. The Balaban J connectivity index is 0.000000487. The molecule has 0 atom stereocenters. The van der Waals surface area contributed by atoms with Crippen LogP contribution in [0.3, 0.4) is 0 Å². The van der Waals surface area contributed by atoms with Gasteiger partial charge in [-0.15, -0.1) is 0 Å². The normalized spacial score (nSPS) is 10.2. The molecule has 0 aromatic heterocycles. The van der Waals surface area contributed by atoms with Gasteiger partial charge in [0.15, 0.2) is 0 Å². The van der Waals surface area contributed by atoms with E-state index in [9.17, 15) is 8.78 Å². The van der Waals surface area contributed by atoms with Crippen molar-refractivity contribution in [3.05, 3.63) is 48.0 Å². The van der Waals surface area contributed by atoms with Crippen molar-refractivity contribution in [2.24, 2.45) is 4.99 Å². The van der Waals surface area contributed by atoms with E-state index < -0.39 is 13.0 Å². The number of nitrogens with zero attached hydrogens (tertiary/aromatic N) is 1. The third-order valence-electron chi connectivity index (χ3n) is 3.77. The van der Waals surface area contributed by atoms with E-state index in [1.165, 1.54) is 6.42 Å². The number of unbranched alkanes of at least 4 members (excludes halogenated alkanes) is 2. The van der Waals surface area contributed by atoms with Crippen molar-refractivity contribution >= 4 is 18.1 Å². The van der Waals surface area contributed by atoms with Gasteiger partial charge in [0.1, 0.15) is 0 Å². The molecule has 0 saturated heterocycles. The Hall–Kier alpha value is -2.27. The lowest BCUT2D eigenvalue weighted by Gasteiger charge is -2.13. The lowest BCUT2D eigenvalue weighted by Crippen LogP contribution is -2.10. The highest BCUT2D eigenvalue weighted by atomic mass is 19.3. The second-order valence-electron chi connectivity index (χ2n) is 5.93. The first kappa shape index (κ1) is 21.8. The summed E-state index contributed by atoms with van der Waals surface area (Å²) in [5.74, 6) is 0. The SMILES string of the molecule is C=Nc1c(NCC(F)F)cccc1-c1ccc(C)cc1.CCCCCO.